The summed E-state index contributed by atoms with van der Waals surface area (Å²) in [5, 5.41) is 0. The molecule has 5 N–H and O–H groups in total. The van der Waals surface area contributed by atoms with Crippen molar-refractivity contribution in [3.8, 4) is 0 Å². The first-order chi connectivity index (χ1) is 20.5. The fraction of sp³-hybridized carbons (Fsp3) is 0.524. The Morgan fingerprint density at radius 3 is 2.28 bits per heavy atom. The molecule has 17 nitrogen and oxygen atoms in total. The van der Waals surface area contributed by atoms with Crippen LogP contribution in [0.4, 0.5) is 16.0 Å². The Bertz CT molecular complexity index is 1740. The molecule has 0 aromatic carbocycles. The number of nitrogens with two attached hydrogens (primary N) is 2. The number of thiol groups is 1. The Morgan fingerprint density at radius 1 is 1.05 bits per heavy atom. The molecule has 2 unspecified atom stereocenters. The minimum absolute atomic E-state index is 0.0165. The Hall–Kier alpha value is -2.38. The van der Waals surface area contributed by atoms with Crippen molar-refractivity contribution >= 4 is 71.5 Å². The molecule has 2 fully saturated rings. The van der Waals surface area contributed by atoms with Crippen molar-refractivity contribution in [2.24, 2.45) is 5.92 Å². The van der Waals surface area contributed by atoms with Gasteiger partial charge in [0, 0.05) is 13.2 Å². The van der Waals surface area contributed by atoms with Gasteiger partial charge in [0.25, 0.3) is 0 Å². The first-order valence-corrected chi connectivity index (χ1v) is 18.1. The van der Waals surface area contributed by atoms with Crippen molar-refractivity contribution in [2.45, 2.75) is 43.5 Å². The van der Waals surface area contributed by atoms with Crippen molar-refractivity contribution in [1.29, 1.82) is 0 Å². The molecular weight excluding hydrogens is 649 g/mol. The molecule has 6 rings (SSSR count). The second kappa shape index (κ2) is 11.8. The molecule has 0 amide bonds. The van der Waals surface area contributed by atoms with E-state index in [-0.39, 0.29) is 35.5 Å². The van der Waals surface area contributed by atoms with E-state index in [1.165, 1.54) is 30.7 Å². The number of rotatable bonds is 11. The van der Waals surface area contributed by atoms with Crippen LogP contribution in [0.3, 0.4) is 0 Å². The van der Waals surface area contributed by atoms with E-state index in [9.17, 15) is 9.46 Å². The normalized spacial score (nSPS) is 28.6. The van der Waals surface area contributed by atoms with Crippen LogP contribution in [0.1, 0.15) is 25.1 Å². The first-order valence-electron chi connectivity index (χ1n) is 12.8. The van der Waals surface area contributed by atoms with Crippen LogP contribution in [0.25, 0.3) is 22.3 Å². The van der Waals surface area contributed by atoms with Crippen molar-refractivity contribution in [1.82, 2.24) is 39.0 Å². The number of nitrogens with zero attached hydrogens (tertiary/aromatic N) is 8. The van der Waals surface area contributed by atoms with E-state index in [1.807, 2.05) is 4.57 Å². The van der Waals surface area contributed by atoms with Crippen molar-refractivity contribution in [3.05, 3.63) is 25.3 Å². The van der Waals surface area contributed by atoms with Crippen LogP contribution in [-0.4, -0.2) is 82.6 Å². The van der Waals surface area contributed by atoms with E-state index in [2.05, 4.69) is 42.2 Å². The van der Waals surface area contributed by atoms with Gasteiger partial charge < -0.3 is 39.2 Å². The third-order valence-corrected chi connectivity index (χ3v) is 10.6. The van der Waals surface area contributed by atoms with Gasteiger partial charge in [0.15, 0.2) is 35.3 Å². The molecule has 232 valence electrons. The lowest BCUT2D eigenvalue weighted by atomic mass is 9.81. The van der Waals surface area contributed by atoms with Gasteiger partial charge >= 0.3 is 13.5 Å². The number of fused-ring (bicyclic) bond motifs is 2. The zero-order valence-corrected chi connectivity index (χ0v) is 25.9. The highest BCUT2D eigenvalue weighted by atomic mass is 32.7. The van der Waals surface area contributed by atoms with Crippen LogP contribution in [-0.2, 0) is 39.2 Å². The Morgan fingerprint density at radius 2 is 1.65 bits per heavy atom. The number of aromatic nitrogens is 8. The molecule has 4 aromatic rings. The summed E-state index contributed by atoms with van der Waals surface area (Å²) >= 11 is 8.98. The van der Waals surface area contributed by atoms with E-state index in [0.717, 1.165) is 0 Å². The van der Waals surface area contributed by atoms with Crippen LogP contribution < -0.4 is 11.5 Å². The molecule has 0 radical (unpaired) electrons. The SMILES string of the molecule is COP(O)(=S)OC[C@H]1O[C@@H](n2cnc3c(N)ncnc32)[C@@H](F)[C@@H]1OP(=O)(S)OCC1CC(n2cnc3c(N)ncnc32)C1. The number of anilines is 2. The van der Waals surface area contributed by atoms with Crippen LogP contribution >= 0.6 is 25.8 Å². The maximum Gasteiger partial charge on any atom is 0.386 e. The fourth-order valence-corrected chi connectivity index (χ4v) is 7.21. The van der Waals surface area contributed by atoms with Crippen LogP contribution in [0, 0.1) is 5.92 Å². The second-order valence-electron chi connectivity index (χ2n) is 9.95. The third kappa shape index (κ3) is 6.13. The number of nitrogen functional groups attached to an aromatic ring is 2. The molecular formula is C21H27FN10O7P2S2. The largest absolute Gasteiger partial charge is 0.386 e. The number of ether oxygens (including phenoxy) is 1. The van der Waals surface area contributed by atoms with Gasteiger partial charge in [-0.25, -0.2) is 38.9 Å². The summed E-state index contributed by atoms with van der Waals surface area (Å²) in [7, 11) is 1.17. The summed E-state index contributed by atoms with van der Waals surface area (Å²) in [6, 6.07) is 0.0815. The number of halogens is 1. The molecule has 22 heteroatoms. The quantitative estimate of drug-likeness (QED) is 0.132. The molecule has 5 heterocycles. The highest BCUT2D eigenvalue weighted by Crippen LogP contribution is 2.58. The summed E-state index contributed by atoms with van der Waals surface area (Å²) in [4.78, 5) is 34.7. The predicted octanol–water partition coefficient (Wildman–Crippen LogP) is 2.34. The summed E-state index contributed by atoms with van der Waals surface area (Å²) in [5.41, 5.74) is 13.3. The van der Waals surface area contributed by atoms with Gasteiger partial charge in [-0.15, -0.1) is 0 Å². The predicted molar refractivity (Wildman–Crippen MR) is 157 cm³/mol. The fourth-order valence-electron chi connectivity index (χ4n) is 5.04. The first kappa shape index (κ1) is 30.6. The van der Waals surface area contributed by atoms with E-state index >= 15 is 4.39 Å². The van der Waals surface area contributed by atoms with Gasteiger partial charge in [0.2, 0.25) is 0 Å². The molecule has 1 saturated heterocycles. The Labute approximate surface area is 253 Å². The van der Waals surface area contributed by atoms with E-state index in [4.69, 9.17) is 46.1 Å². The Balaban J connectivity index is 1.12. The highest BCUT2D eigenvalue weighted by molar-refractivity contribution is 8.44. The van der Waals surface area contributed by atoms with Crippen molar-refractivity contribution in [3.63, 3.8) is 0 Å². The zero-order valence-electron chi connectivity index (χ0n) is 22.4. The van der Waals surface area contributed by atoms with Crippen LogP contribution in [0.5, 0.6) is 0 Å². The number of alkyl halides is 1. The van der Waals surface area contributed by atoms with Crippen LogP contribution in [0.15, 0.2) is 25.3 Å². The van der Waals surface area contributed by atoms with Crippen molar-refractivity contribution < 1.29 is 36.7 Å². The third-order valence-electron chi connectivity index (χ3n) is 7.28. The maximum absolute atomic E-state index is 16.0. The average molecular weight is 677 g/mol. The maximum atomic E-state index is 16.0. The average Bonchev–Trinajstić information content (AvgIpc) is 3.64. The molecule has 0 spiro atoms. The lowest BCUT2D eigenvalue weighted by molar-refractivity contribution is -0.0418. The minimum Gasteiger partial charge on any atom is -0.382 e. The van der Waals surface area contributed by atoms with Gasteiger partial charge in [0.1, 0.15) is 35.9 Å². The molecule has 1 saturated carbocycles. The number of imidazole rings is 2. The second-order valence-corrected chi connectivity index (χ2v) is 15.8. The number of hydrogen-bond acceptors (Lipinski definition) is 15. The van der Waals surface area contributed by atoms with Gasteiger partial charge in [-0.05, 0) is 30.6 Å². The zero-order chi connectivity index (χ0) is 30.5. The summed E-state index contributed by atoms with van der Waals surface area (Å²) in [5.74, 6) is 0.406. The molecule has 0 bridgehead atoms. The van der Waals surface area contributed by atoms with Gasteiger partial charge in [0.05, 0.1) is 25.9 Å². The van der Waals surface area contributed by atoms with Crippen LogP contribution in [0.2, 0.25) is 0 Å². The molecule has 43 heavy (non-hydrogen) atoms. The summed E-state index contributed by atoms with van der Waals surface area (Å²) < 4.78 is 59.6. The molecule has 6 atom stereocenters. The lowest BCUT2D eigenvalue weighted by Gasteiger charge is -2.36. The molecule has 1 aliphatic heterocycles. The minimum atomic E-state index is -4.12. The lowest BCUT2D eigenvalue weighted by Crippen LogP contribution is -2.34. The van der Waals surface area contributed by atoms with E-state index in [1.54, 1.807) is 6.33 Å². The molecule has 2 aliphatic rings. The summed E-state index contributed by atoms with van der Waals surface area (Å²) in [6.07, 6.45) is 0.886. The number of hydrogen-bond donors (Lipinski definition) is 4. The van der Waals surface area contributed by atoms with Gasteiger partial charge in [-0.1, -0.05) is 12.2 Å². The van der Waals surface area contributed by atoms with E-state index in [0.29, 0.717) is 29.8 Å². The smallest absolute Gasteiger partial charge is 0.382 e. The Kier molecular flexibility index (Phi) is 8.44. The topological polar surface area (TPSA) is 223 Å². The highest BCUT2D eigenvalue weighted by Gasteiger charge is 2.51. The van der Waals surface area contributed by atoms with Crippen molar-refractivity contribution in [2.75, 3.05) is 31.8 Å². The van der Waals surface area contributed by atoms with Gasteiger partial charge in [-0.2, -0.15) is 0 Å². The molecule has 4 aromatic heterocycles. The van der Waals surface area contributed by atoms with E-state index < -0.39 is 44.7 Å². The molecule has 1 aliphatic carbocycles. The summed E-state index contributed by atoms with van der Waals surface area (Å²) in [6.45, 7) is -8.17. The standard InChI is InChI=1S/C21H27FN10O7P2S2/c1-35-40(33,42)37-5-12-16(13(22)21(38-12)32-9-30-15-18(24)26-7-28-20(15)32)39-41(34,43)36-4-10-2-11(3-10)31-8-29-14-17(23)25-6-27-19(14)31/h6-13,16,21H,2-5H2,1H3,(H,33,42)(H,34,43)(H2,23,25,27)(H2,24,26,28)/t10?,11?,12-,13+,16-,21-,40?,41?/m1/s1. The van der Waals surface area contributed by atoms with Gasteiger partial charge in [-0.3, -0.25) is 9.09 Å². The monoisotopic (exact) mass is 676 g/mol.